The monoisotopic (exact) mass is 326 g/mol. The van der Waals surface area contributed by atoms with Crippen LogP contribution < -0.4 is 10.6 Å². The largest absolute Gasteiger partial charge is 0.433 e. The number of nitrogens with one attached hydrogen (secondary N) is 2. The van der Waals surface area contributed by atoms with E-state index in [2.05, 4.69) is 20.6 Å². The van der Waals surface area contributed by atoms with Gasteiger partial charge in [0.2, 0.25) is 5.95 Å². The van der Waals surface area contributed by atoms with Gasteiger partial charge in [-0.2, -0.15) is 18.2 Å². The highest BCUT2D eigenvalue weighted by Gasteiger charge is 2.33. The third-order valence-electron chi connectivity index (χ3n) is 2.99. The van der Waals surface area contributed by atoms with Crippen LogP contribution in [0, 0.1) is 6.92 Å². The number of alkyl halides is 3. The number of aliphatic hydroxyl groups is 1. The molecule has 0 aliphatic carbocycles. The van der Waals surface area contributed by atoms with Crippen LogP contribution >= 0.6 is 0 Å². The first-order valence-electron chi connectivity index (χ1n) is 6.95. The fourth-order valence-corrected chi connectivity index (χ4v) is 1.77. The lowest BCUT2D eigenvalue weighted by atomic mass is 10.2. The summed E-state index contributed by atoms with van der Waals surface area (Å²) in [5.41, 5.74) is 0.590. The average molecular weight is 326 g/mol. The molecule has 1 atom stereocenters. The van der Waals surface area contributed by atoms with Gasteiger partial charge >= 0.3 is 6.18 Å². The number of halogens is 3. The number of aryl methyl sites for hydroxylation is 1. The van der Waals surface area contributed by atoms with Crippen LogP contribution in [-0.4, -0.2) is 27.7 Å². The van der Waals surface area contributed by atoms with Gasteiger partial charge in [0.25, 0.3) is 0 Å². The Morgan fingerprint density at radius 2 is 1.83 bits per heavy atom. The van der Waals surface area contributed by atoms with Crippen molar-refractivity contribution in [1.82, 2.24) is 9.97 Å². The highest BCUT2D eigenvalue weighted by atomic mass is 19.4. The van der Waals surface area contributed by atoms with E-state index < -0.39 is 17.9 Å². The molecule has 0 aliphatic rings. The number of nitrogens with zero attached hydrogens (tertiary/aromatic N) is 2. The Bertz CT molecular complexity index is 659. The van der Waals surface area contributed by atoms with Gasteiger partial charge in [-0.15, -0.1) is 0 Å². The predicted octanol–water partition coefficient (Wildman–Crippen LogP) is 3.34. The number of anilines is 3. The Balaban J connectivity index is 2.33. The number of benzene rings is 1. The summed E-state index contributed by atoms with van der Waals surface area (Å²) in [4.78, 5) is 7.46. The minimum atomic E-state index is -4.59. The Morgan fingerprint density at radius 3 is 2.39 bits per heavy atom. The Labute approximate surface area is 131 Å². The highest BCUT2D eigenvalue weighted by molar-refractivity contribution is 5.58. The molecule has 0 aliphatic heterocycles. The van der Waals surface area contributed by atoms with Crippen LogP contribution in [0.15, 0.2) is 30.3 Å². The molecule has 0 amide bonds. The van der Waals surface area contributed by atoms with Gasteiger partial charge in [0.05, 0.1) is 6.61 Å². The third-order valence-corrected chi connectivity index (χ3v) is 2.99. The number of rotatable bonds is 5. The second-order valence-electron chi connectivity index (χ2n) is 5.18. The first-order chi connectivity index (χ1) is 10.8. The summed E-state index contributed by atoms with van der Waals surface area (Å²) in [6, 6.07) is 7.53. The Morgan fingerprint density at radius 1 is 1.17 bits per heavy atom. The number of hydrogen-bond acceptors (Lipinski definition) is 5. The third kappa shape index (κ3) is 4.82. The number of aliphatic hydroxyl groups excluding tert-OH is 1. The van der Waals surface area contributed by atoms with E-state index in [0.717, 1.165) is 11.6 Å². The van der Waals surface area contributed by atoms with Crippen LogP contribution in [0.2, 0.25) is 0 Å². The molecule has 0 saturated carbocycles. The van der Waals surface area contributed by atoms with Crippen LogP contribution in [-0.2, 0) is 6.18 Å². The van der Waals surface area contributed by atoms with Crippen LogP contribution in [0.3, 0.4) is 0 Å². The smallest absolute Gasteiger partial charge is 0.394 e. The van der Waals surface area contributed by atoms with E-state index in [0.29, 0.717) is 5.69 Å². The molecule has 1 heterocycles. The molecule has 0 radical (unpaired) electrons. The fraction of sp³-hybridized carbons (Fsp3) is 0.333. The van der Waals surface area contributed by atoms with Crippen LogP contribution in [0.5, 0.6) is 0 Å². The van der Waals surface area contributed by atoms with Crippen molar-refractivity contribution in [3.8, 4) is 0 Å². The van der Waals surface area contributed by atoms with E-state index in [1.165, 1.54) is 0 Å². The summed E-state index contributed by atoms with van der Waals surface area (Å²) >= 11 is 0. The Hall–Kier alpha value is -2.35. The molecule has 1 aromatic heterocycles. The molecule has 8 heteroatoms. The molecular formula is C15H17F3N4O. The van der Waals surface area contributed by atoms with Gasteiger partial charge in [0.15, 0.2) is 5.69 Å². The molecule has 1 aromatic carbocycles. The van der Waals surface area contributed by atoms with Gasteiger partial charge in [-0.25, -0.2) is 4.98 Å². The zero-order valence-corrected chi connectivity index (χ0v) is 12.6. The fourth-order valence-electron chi connectivity index (χ4n) is 1.77. The first kappa shape index (κ1) is 17.0. The highest BCUT2D eigenvalue weighted by Crippen LogP contribution is 2.30. The summed E-state index contributed by atoms with van der Waals surface area (Å²) in [6.07, 6.45) is -4.59. The van der Waals surface area contributed by atoms with E-state index in [-0.39, 0.29) is 18.4 Å². The van der Waals surface area contributed by atoms with E-state index in [1.807, 2.05) is 19.1 Å². The molecule has 0 saturated heterocycles. The lowest BCUT2D eigenvalue weighted by molar-refractivity contribution is -0.141. The SMILES string of the molecule is Cc1ccc(Nc2cc(C(F)(F)F)nc(N[C@@H](C)CO)n2)cc1. The summed E-state index contributed by atoms with van der Waals surface area (Å²) < 4.78 is 38.9. The van der Waals surface area contributed by atoms with Crippen molar-refractivity contribution in [3.05, 3.63) is 41.6 Å². The molecule has 0 fully saturated rings. The topological polar surface area (TPSA) is 70.1 Å². The second kappa shape index (κ2) is 6.82. The predicted molar refractivity (Wildman–Crippen MR) is 81.7 cm³/mol. The lowest BCUT2D eigenvalue weighted by Gasteiger charge is -2.15. The normalized spacial score (nSPS) is 12.8. The van der Waals surface area contributed by atoms with Crippen molar-refractivity contribution in [1.29, 1.82) is 0 Å². The van der Waals surface area contributed by atoms with Gasteiger partial charge in [0.1, 0.15) is 5.82 Å². The minimum Gasteiger partial charge on any atom is -0.394 e. The molecule has 2 aromatic rings. The van der Waals surface area contributed by atoms with Crippen molar-refractivity contribution < 1.29 is 18.3 Å². The molecule has 0 bridgehead atoms. The zero-order chi connectivity index (χ0) is 17.0. The van der Waals surface area contributed by atoms with Crippen LogP contribution in [0.25, 0.3) is 0 Å². The molecular weight excluding hydrogens is 309 g/mol. The standard InChI is InChI=1S/C15H17F3N4O/c1-9-3-5-11(6-4-9)20-13-7-12(15(16,17)18)21-14(22-13)19-10(2)8-23/h3-7,10,23H,8H2,1-2H3,(H2,19,20,21,22)/t10-/m0/s1. The second-order valence-corrected chi connectivity index (χ2v) is 5.18. The average Bonchev–Trinajstić information content (AvgIpc) is 2.48. The van der Waals surface area contributed by atoms with Crippen LogP contribution in [0.4, 0.5) is 30.6 Å². The summed E-state index contributed by atoms with van der Waals surface area (Å²) in [5.74, 6) is -0.181. The Kier molecular flexibility index (Phi) is 5.05. The van der Waals surface area contributed by atoms with Gasteiger partial charge in [-0.05, 0) is 26.0 Å². The molecule has 0 spiro atoms. The van der Waals surface area contributed by atoms with Gasteiger partial charge in [-0.3, -0.25) is 0 Å². The number of aromatic nitrogens is 2. The molecule has 124 valence electrons. The van der Waals surface area contributed by atoms with Gasteiger partial charge in [0, 0.05) is 17.8 Å². The van der Waals surface area contributed by atoms with Crippen molar-refractivity contribution in [2.45, 2.75) is 26.1 Å². The van der Waals surface area contributed by atoms with Crippen molar-refractivity contribution >= 4 is 17.5 Å². The molecule has 2 rings (SSSR count). The summed E-state index contributed by atoms with van der Waals surface area (Å²) in [6.45, 7) is 3.27. The van der Waals surface area contributed by atoms with E-state index in [1.54, 1.807) is 19.1 Å². The number of hydrogen-bond donors (Lipinski definition) is 3. The maximum atomic E-state index is 13.0. The van der Waals surface area contributed by atoms with Crippen molar-refractivity contribution in [2.24, 2.45) is 0 Å². The molecule has 23 heavy (non-hydrogen) atoms. The minimum absolute atomic E-state index is 0.0174. The van der Waals surface area contributed by atoms with Crippen LogP contribution in [0.1, 0.15) is 18.2 Å². The van der Waals surface area contributed by atoms with E-state index >= 15 is 0 Å². The maximum absolute atomic E-state index is 13.0. The van der Waals surface area contributed by atoms with Crippen molar-refractivity contribution in [2.75, 3.05) is 17.2 Å². The van der Waals surface area contributed by atoms with Gasteiger partial charge in [-0.1, -0.05) is 17.7 Å². The summed E-state index contributed by atoms with van der Waals surface area (Å²) in [7, 11) is 0. The lowest BCUT2D eigenvalue weighted by Crippen LogP contribution is -2.22. The molecule has 0 unspecified atom stereocenters. The van der Waals surface area contributed by atoms with E-state index in [4.69, 9.17) is 5.11 Å². The molecule has 3 N–H and O–H groups in total. The molecule has 5 nitrogen and oxygen atoms in total. The summed E-state index contributed by atoms with van der Waals surface area (Å²) in [5, 5.41) is 14.4. The van der Waals surface area contributed by atoms with E-state index in [9.17, 15) is 13.2 Å². The van der Waals surface area contributed by atoms with Gasteiger partial charge < -0.3 is 15.7 Å². The van der Waals surface area contributed by atoms with Crippen molar-refractivity contribution in [3.63, 3.8) is 0 Å². The zero-order valence-electron chi connectivity index (χ0n) is 12.6. The first-order valence-corrected chi connectivity index (χ1v) is 6.95. The quantitative estimate of drug-likeness (QED) is 0.786. The maximum Gasteiger partial charge on any atom is 0.433 e.